The highest BCUT2D eigenvalue weighted by atomic mass is 32.2. The van der Waals surface area contributed by atoms with E-state index in [1.165, 1.54) is 18.8 Å². The predicted molar refractivity (Wildman–Crippen MR) is 124 cm³/mol. The van der Waals surface area contributed by atoms with E-state index < -0.39 is 7.12 Å². The molecule has 0 aromatic heterocycles. The first-order chi connectivity index (χ1) is 14.5. The molecule has 3 saturated heterocycles. The molecule has 0 bridgehead atoms. The Bertz CT molecular complexity index is 644. The number of fused-ring (bicyclic) bond motifs is 2. The number of carbonyl (C=O) groups is 1. The molecule has 0 aromatic rings. The quantitative estimate of drug-likeness (QED) is 0.545. The number of nitrogens with zero attached hydrogens (tertiary/aromatic N) is 1. The lowest BCUT2D eigenvalue weighted by molar-refractivity contribution is -0.133. The van der Waals surface area contributed by atoms with Gasteiger partial charge in [0, 0.05) is 18.5 Å². The summed E-state index contributed by atoms with van der Waals surface area (Å²) in [5.74, 6) is 3.11. The van der Waals surface area contributed by atoms with Crippen LogP contribution in [0.25, 0.3) is 0 Å². The molecule has 30 heavy (non-hydrogen) atoms. The minimum absolute atomic E-state index is 0.0362. The Morgan fingerprint density at radius 1 is 1.33 bits per heavy atom. The van der Waals surface area contributed by atoms with Crippen molar-refractivity contribution in [1.82, 2.24) is 4.90 Å². The number of amides is 1. The van der Waals surface area contributed by atoms with Crippen molar-refractivity contribution in [2.24, 2.45) is 28.9 Å². The maximum Gasteiger partial charge on any atom is 0.480 e. The second kappa shape index (κ2) is 9.75. The number of nitrogens with two attached hydrogens (primary N) is 1. The first kappa shape index (κ1) is 23.0. The van der Waals surface area contributed by atoms with Crippen LogP contribution in [-0.4, -0.2) is 76.4 Å². The van der Waals surface area contributed by atoms with E-state index in [4.69, 9.17) is 20.5 Å². The van der Waals surface area contributed by atoms with E-state index in [-0.39, 0.29) is 27.1 Å². The highest BCUT2D eigenvalue weighted by molar-refractivity contribution is 8.17. The number of ether oxygens (including phenoxy) is 1. The lowest BCUT2D eigenvalue weighted by atomic mass is 9.63. The SMILES string of the molecule is CSC1SC(C(=O)N2CCC3(CC2)COC2CCC(CN)CC23)CC1/C=C/B(O)O. The van der Waals surface area contributed by atoms with E-state index in [9.17, 15) is 4.79 Å². The van der Waals surface area contributed by atoms with E-state index in [0.717, 1.165) is 51.9 Å². The Kier molecular flexibility index (Phi) is 7.47. The van der Waals surface area contributed by atoms with Crippen LogP contribution in [0.3, 0.4) is 0 Å². The molecule has 4 fully saturated rings. The zero-order chi connectivity index (χ0) is 21.3. The van der Waals surface area contributed by atoms with Crippen LogP contribution in [0.1, 0.15) is 38.5 Å². The van der Waals surface area contributed by atoms with Gasteiger partial charge in [-0.25, -0.2) is 0 Å². The molecule has 0 aromatic carbocycles. The molecule has 4 N–H and O–H groups in total. The van der Waals surface area contributed by atoms with Gasteiger partial charge in [0.1, 0.15) is 0 Å². The van der Waals surface area contributed by atoms with Gasteiger partial charge in [-0.3, -0.25) is 4.79 Å². The number of thioether (sulfide) groups is 2. The van der Waals surface area contributed by atoms with Crippen molar-refractivity contribution in [1.29, 1.82) is 0 Å². The summed E-state index contributed by atoms with van der Waals surface area (Å²) in [7, 11) is -1.43. The largest absolute Gasteiger partial charge is 0.480 e. The summed E-state index contributed by atoms with van der Waals surface area (Å²) in [4.78, 5) is 15.3. The molecular weight excluding hydrogens is 419 g/mol. The predicted octanol–water partition coefficient (Wildman–Crippen LogP) is 1.75. The van der Waals surface area contributed by atoms with Crippen molar-refractivity contribution in [3.63, 3.8) is 0 Å². The molecule has 6 atom stereocenters. The number of likely N-dealkylation sites (tertiary alicyclic amines) is 1. The molecular formula is C21H35BN2O4S2. The van der Waals surface area contributed by atoms with Crippen LogP contribution in [0.15, 0.2) is 12.1 Å². The molecule has 1 amide bonds. The molecule has 1 saturated carbocycles. The lowest BCUT2D eigenvalue weighted by Crippen LogP contribution is -2.49. The van der Waals surface area contributed by atoms with Gasteiger partial charge >= 0.3 is 7.12 Å². The number of hydrogen-bond donors (Lipinski definition) is 3. The molecule has 4 aliphatic rings. The summed E-state index contributed by atoms with van der Waals surface area (Å²) in [6, 6.07) is 0. The smallest absolute Gasteiger partial charge is 0.424 e. The summed E-state index contributed by atoms with van der Waals surface area (Å²) < 4.78 is 6.51. The van der Waals surface area contributed by atoms with Gasteiger partial charge in [-0.05, 0) is 69.1 Å². The Morgan fingerprint density at radius 2 is 2.10 bits per heavy atom. The molecule has 3 aliphatic heterocycles. The topological polar surface area (TPSA) is 96.0 Å². The van der Waals surface area contributed by atoms with Crippen molar-refractivity contribution in [3.05, 3.63) is 12.1 Å². The normalized spacial score (nSPS) is 38.3. The third-order valence-corrected chi connectivity index (χ3v) is 10.9. The molecule has 4 rings (SSSR count). The maximum absolute atomic E-state index is 13.3. The summed E-state index contributed by atoms with van der Waals surface area (Å²) in [5, 5.41) is 18.2. The van der Waals surface area contributed by atoms with Crippen molar-refractivity contribution < 1.29 is 19.6 Å². The van der Waals surface area contributed by atoms with Crippen LogP contribution >= 0.6 is 23.5 Å². The van der Waals surface area contributed by atoms with Gasteiger partial charge in [0.25, 0.3) is 0 Å². The van der Waals surface area contributed by atoms with Gasteiger partial charge < -0.3 is 25.4 Å². The van der Waals surface area contributed by atoms with Gasteiger partial charge in [-0.2, -0.15) is 11.8 Å². The van der Waals surface area contributed by atoms with E-state index in [1.54, 1.807) is 23.5 Å². The number of allylic oxidation sites excluding steroid dienone is 1. The van der Waals surface area contributed by atoms with E-state index in [2.05, 4.69) is 11.2 Å². The van der Waals surface area contributed by atoms with Crippen molar-refractivity contribution in [2.75, 3.05) is 32.5 Å². The van der Waals surface area contributed by atoms with Gasteiger partial charge in [0.15, 0.2) is 0 Å². The summed E-state index contributed by atoms with van der Waals surface area (Å²) in [5.41, 5.74) is 6.22. The van der Waals surface area contributed by atoms with Crippen LogP contribution in [0.5, 0.6) is 0 Å². The van der Waals surface area contributed by atoms with Crippen LogP contribution < -0.4 is 5.73 Å². The summed E-state index contributed by atoms with van der Waals surface area (Å²) >= 11 is 3.48. The molecule has 0 radical (unpaired) electrons. The Labute approximate surface area is 188 Å². The standard InChI is InChI=1S/C21H35BN2O4S2/c1-29-20-15(4-7-22(26)27)11-18(30-20)19(25)24-8-5-21(6-9-24)13-28-17-3-2-14(12-23)10-16(17)21/h4,7,14-18,20,26-27H,2-3,5-6,8-13,23H2,1H3/b7-4+. The Morgan fingerprint density at radius 3 is 2.77 bits per heavy atom. The number of hydrogen-bond acceptors (Lipinski definition) is 7. The van der Waals surface area contributed by atoms with Crippen molar-refractivity contribution >= 4 is 36.5 Å². The second-order valence-electron chi connectivity index (χ2n) is 9.49. The molecule has 6 unspecified atom stereocenters. The Balaban J connectivity index is 1.34. The molecule has 3 heterocycles. The minimum atomic E-state index is -1.43. The van der Waals surface area contributed by atoms with Crippen LogP contribution in [0.4, 0.5) is 0 Å². The van der Waals surface area contributed by atoms with Gasteiger partial charge in [0.2, 0.25) is 5.91 Å². The van der Waals surface area contributed by atoms with Gasteiger partial charge in [-0.1, -0.05) is 12.1 Å². The molecule has 168 valence electrons. The lowest BCUT2D eigenvalue weighted by Gasteiger charge is -2.45. The Hall–Kier alpha value is -0.185. The average molecular weight is 454 g/mol. The zero-order valence-electron chi connectivity index (χ0n) is 17.8. The fourth-order valence-corrected chi connectivity index (χ4v) is 8.76. The zero-order valence-corrected chi connectivity index (χ0v) is 19.5. The third kappa shape index (κ3) is 4.62. The third-order valence-electron chi connectivity index (χ3n) is 7.84. The number of carbonyl (C=O) groups excluding carboxylic acids is 1. The summed E-state index contributed by atoms with van der Waals surface area (Å²) in [6.45, 7) is 3.29. The van der Waals surface area contributed by atoms with Crippen LogP contribution in [0, 0.1) is 23.2 Å². The summed E-state index contributed by atoms with van der Waals surface area (Å²) in [6.07, 6.45) is 10.7. The molecule has 6 nitrogen and oxygen atoms in total. The molecule has 1 spiro atoms. The van der Waals surface area contributed by atoms with E-state index >= 15 is 0 Å². The van der Waals surface area contributed by atoms with Gasteiger partial charge in [0.05, 0.1) is 22.5 Å². The number of piperidine rings is 1. The first-order valence-corrected chi connectivity index (χ1v) is 13.5. The van der Waals surface area contributed by atoms with E-state index in [0.29, 0.717) is 17.9 Å². The van der Waals surface area contributed by atoms with Crippen LogP contribution in [-0.2, 0) is 9.53 Å². The highest BCUT2D eigenvalue weighted by Crippen LogP contribution is 2.53. The van der Waals surface area contributed by atoms with Gasteiger partial charge in [-0.15, -0.1) is 11.8 Å². The second-order valence-corrected chi connectivity index (χ2v) is 12.1. The van der Waals surface area contributed by atoms with E-state index in [1.807, 2.05) is 6.08 Å². The van der Waals surface area contributed by atoms with Crippen molar-refractivity contribution in [3.8, 4) is 0 Å². The minimum Gasteiger partial charge on any atom is -0.424 e. The highest BCUT2D eigenvalue weighted by Gasteiger charge is 2.53. The first-order valence-electron chi connectivity index (χ1n) is 11.3. The fourth-order valence-electron chi connectivity index (χ4n) is 6.04. The van der Waals surface area contributed by atoms with Crippen LogP contribution in [0.2, 0.25) is 0 Å². The van der Waals surface area contributed by atoms with Crippen molar-refractivity contribution in [2.45, 2.75) is 54.5 Å². The monoisotopic (exact) mass is 454 g/mol. The fraction of sp³-hybridized carbons (Fsp3) is 0.857. The average Bonchev–Trinajstić information content (AvgIpc) is 3.34. The number of rotatable bonds is 5. The maximum atomic E-state index is 13.3. The molecule has 1 aliphatic carbocycles. The molecule has 9 heteroatoms.